The molecule has 0 spiro atoms. The second kappa shape index (κ2) is 11.8. The monoisotopic (exact) mass is 767 g/mol. The summed E-state index contributed by atoms with van der Waals surface area (Å²) in [4.78, 5) is 9.94. The molecule has 45 heavy (non-hydrogen) atoms. The van der Waals surface area contributed by atoms with Crippen molar-refractivity contribution >= 4 is 21.9 Å². The van der Waals surface area contributed by atoms with Crippen LogP contribution in [0.4, 0.5) is 0 Å². The van der Waals surface area contributed by atoms with Crippen LogP contribution in [-0.4, -0.2) is 19.6 Å². The van der Waals surface area contributed by atoms with Crippen molar-refractivity contribution in [2.24, 2.45) is 7.05 Å². The van der Waals surface area contributed by atoms with Crippen LogP contribution in [0.1, 0.15) is 31.9 Å². The first kappa shape index (κ1) is 30.5. The molecule has 0 atom stereocenters. The van der Waals surface area contributed by atoms with Crippen LogP contribution >= 0.6 is 0 Å². The van der Waals surface area contributed by atoms with Gasteiger partial charge in [-0.2, -0.15) is 0 Å². The second-order valence-corrected chi connectivity index (χ2v) is 12.6. The van der Waals surface area contributed by atoms with Crippen molar-refractivity contribution in [3.8, 4) is 50.5 Å². The zero-order chi connectivity index (χ0) is 30.6. The molecule has 0 fully saturated rings. The largest absolute Gasteiger partial charge is 0.507 e. The molecular formula is C40H34N3OPt-. The molecule has 1 N–H and O–H groups in total. The second-order valence-electron chi connectivity index (χ2n) is 12.6. The Morgan fingerprint density at radius 1 is 0.711 bits per heavy atom. The first-order valence-corrected chi connectivity index (χ1v) is 15.0. The number of aromatic hydroxyl groups is 1. The van der Waals surface area contributed by atoms with E-state index >= 15 is 0 Å². The molecule has 0 radical (unpaired) electrons. The molecule has 7 aromatic rings. The number of imidazole rings is 1. The average molecular weight is 768 g/mol. The third kappa shape index (κ3) is 5.60. The predicted octanol–water partition coefficient (Wildman–Crippen LogP) is 9.90. The number of hydrogen-bond acceptors (Lipinski definition) is 3. The topological polar surface area (TPSA) is 50.9 Å². The number of fused-ring (bicyclic) bond motifs is 2. The van der Waals surface area contributed by atoms with Gasteiger partial charge in [-0.3, -0.25) is 4.98 Å². The van der Waals surface area contributed by atoms with Gasteiger partial charge in [0.15, 0.2) is 0 Å². The normalized spacial score (nSPS) is 11.6. The van der Waals surface area contributed by atoms with Gasteiger partial charge in [-0.15, -0.1) is 35.4 Å². The van der Waals surface area contributed by atoms with Gasteiger partial charge < -0.3 is 9.67 Å². The summed E-state index contributed by atoms with van der Waals surface area (Å²) in [7, 11) is 2.02. The Morgan fingerprint density at radius 3 is 2.18 bits per heavy atom. The standard InChI is InChI=1S/C40H34N3O.Pt/c1-25-19-32(38-35(20-25)43(5)39(42-38)34-24-31(40(2,3)4)16-17-36(34)44)27-13-9-14-28(21-27)33-23-30(26-11-7-6-8-12-26)22-29-15-10-18-41-37(29)33;/h6-20,22-24,44H,1-5H3;/q-1;. The van der Waals surface area contributed by atoms with Crippen LogP contribution < -0.4 is 0 Å². The fourth-order valence-corrected chi connectivity index (χ4v) is 6.03. The molecule has 5 aromatic carbocycles. The molecular weight excluding hydrogens is 734 g/mol. The minimum absolute atomic E-state index is 0. The van der Waals surface area contributed by atoms with Gasteiger partial charge in [0, 0.05) is 39.8 Å². The molecule has 0 aliphatic carbocycles. The van der Waals surface area contributed by atoms with E-state index in [1.54, 1.807) is 6.07 Å². The first-order chi connectivity index (χ1) is 21.2. The van der Waals surface area contributed by atoms with Crippen molar-refractivity contribution in [2.45, 2.75) is 33.1 Å². The van der Waals surface area contributed by atoms with Crippen LogP contribution in [0.2, 0.25) is 0 Å². The van der Waals surface area contributed by atoms with Crippen molar-refractivity contribution in [3.05, 3.63) is 127 Å². The quantitative estimate of drug-likeness (QED) is 0.182. The third-order valence-electron chi connectivity index (χ3n) is 8.42. The van der Waals surface area contributed by atoms with Gasteiger partial charge in [-0.1, -0.05) is 92.1 Å². The summed E-state index contributed by atoms with van der Waals surface area (Å²) < 4.78 is 2.08. The SMILES string of the molecule is Cc1cc(-c2[c-]c(-c3cc(-c4ccccc4)cc4cccnc34)ccc2)c2nc(-c3cc(C(C)(C)C)ccc3O)n(C)c2c1.[Pt]. The van der Waals surface area contributed by atoms with Gasteiger partial charge >= 0.3 is 0 Å². The van der Waals surface area contributed by atoms with Gasteiger partial charge in [-0.05, 0) is 64.7 Å². The van der Waals surface area contributed by atoms with E-state index in [2.05, 4.69) is 117 Å². The van der Waals surface area contributed by atoms with Crippen LogP contribution in [0.5, 0.6) is 5.75 Å². The fraction of sp³-hybridized carbons (Fsp3) is 0.150. The van der Waals surface area contributed by atoms with Crippen molar-refractivity contribution in [3.63, 3.8) is 0 Å². The maximum Gasteiger partial charge on any atom is 0.143 e. The van der Waals surface area contributed by atoms with E-state index < -0.39 is 0 Å². The number of phenolic OH excluding ortho intramolecular Hbond substituents is 1. The molecule has 0 saturated heterocycles. The summed E-state index contributed by atoms with van der Waals surface area (Å²) in [5, 5.41) is 12.0. The number of aromatic nitrogens is 3. The first-order valence-electron chi connectivity index (χ1n) is 15.0. The van der Waals surface area contributed by atoms with Gasteiger partial charge in [0.05, 0.1) is 16.6 Å². The Balaban J connectivity index is 0.00000357. The minimum atomic E-state index is -0.0545. The number of rotatable bonds is 4. The molecule has 0 aliphatic rings. The molecule has 7 rings (SSSR count). The Bertz CT molecular complexity index is 2190. The van der Waals surface area contributed by atoms with E-state index in [9.17, 15) is 5.11 Å². The molecule has 0 saturated carbocycles. The van der Waals surface area contributed by atoms with E-state index in [-0.39, 0.29) is 32.2 Å². The molecule has 2 aromatic heterocycles. The Labute approximate surface area is 278 Å². The summed E-state index contributed by atoms with van der Waals surface area (Å²) in [6, 6.07) is 39.2. The maximum atomic E-state index is 10.9. The molecule has 0 unspecified atom stereocenters. The van der Waals surface area contributed by atoms with Crippen LogP contribution in [0.25, 0.3) is 66.7 Å². The Kier molecular flexibility index (Phi) is 7.97. The summed E-state index contributed by atoms with van der Waals surface area (Å²) in [5.41, 5.74) is 12.1. The van der Waals surface area contributed by atoms with E-state index in [4.69, 9.17) is 9.97 Å². The van der Waals surface area contributed by atoms with Crippen LogP contribution in [0.3, 0.4) is 0 Å². The number of hydrogen-bond donors (Lipinski definition) is 1. The molecule has 0 bridgehead atoms. The van der Waals surface area contributed by atoms with Gasteiger partial charge in [-0.25, -0.2) is 4.98 Å². The van der Waals surface area contributed by atoms with E-state index in [0.717, 1.165) is 77.8 Å². The number of phenols is 1. The van der Waals surface area contributed by atoms with Gasteiger partial charge in [0.1, 0.15) is 11.6 Å². The molecule has 226 valence electrons. The zero-order valence-corrected chi connectivity index (χ0v) is 28.3. The zero-order valence-electron chi connectivity index (χ0n) is 26.0. The van der Waals surface area contributed by atoms with E-state index in [0.29, 0.717) is 0 Å². The average Bonchev–Trinajstić information content (AvgIpc) is 3.35. The summed E-state index contributed by atoms with van der Waals surface area (Å²) in [6.07, 6.45) is 1.85. The summed E-state index contributed by atoms with van der Waals surface area (Å²) >= 11 is 0. The van der Waals surface area contributed by atoms with E-state index in [1.807, 2.05) is 31.4 Å². The molecule has 5 heteroatoms. The number of nitrogens with zero attached hydrogens (tertiary/aromatic N) is 3. The van der Waals surface area contributed by atoms with Crippen molar-refractivity contribution < 1.29 is 26.2 Å². The van der Waals surface area contributed by atoms with Gasteiger partial charge in [0.2, 0.25) is 0 Å². The Morgan fingerprint density at radius 2 is 1.44 bits per heavy atom. The van der Waals surface area contributed by atoms with Crippen molar-refractivity contribution in [2.75, 3.05) is 0 Å². The smallest absolute Gasteiger partial charge is 0.143 e. The molecule has 4 nitrogen and oxygen atoms in total. The molecule has 0 amide bonds. The van der Waals surface area contributed by atoms with Crippen LogP contribution in [0.15, 0.2) is 109 Å². The maximum absolute atomic E-state index is 10.9. The van der Waals surface area contributed by atoms with Gasteiger partial charge in [0.25, 0.3) is 0 Å². The van der Waals surface area contributed by atoms with Crippen LogP contribution in [0, 0.1) is 13.0 Å². The number of benzene rings is 5. The predicted molar refractivity (Wildman–Crippen MR) is 182 cm³/mol. The Hall–Kier alpha value is -4.53. The summed E-state index contributed by atoms with van der Waals surface area (Å²) in [5.74, 6) is 0.957. The van der Waals surface area contributed by atoms with Crippen molar-refractivity contribution in [1.82, 2.24) is 14.5 Å². The molecule has 2 heterocycles. The number of aryl methyl sites for hydroxylation is 2. The van der Waals surface area contributed by atoms with Crippen LogP contribution in [-0.2, 0) is 33.5 Å². The molecule has 0 aliphatic heterocycles. The fourth-order valence-electron chi connectivity index (χ4n) is 6.03. The van der Waals surface area contributed by atoms with Crippen molar-refractivity contribution in [1.29, 1.82) is 0 Å². The minimum Gasteiger partial charge on any atom is -0.507 e. The third-order valence-corrected chi connectivity index (χ3v) is 8.42. The number of pyridine rings is 1. The van der Waals surface area contributed by atoms with E-state index in [1.165, 1.54) is 0 Å². The summed E-state index contributed by atoms with van der Waals surface area (Å²) in [6.45, 7) is 8.64.